The molecule has 2 atom stereocenters. The highest BCUT2D eigenvalue weighted by atomic mass is 16.4. The number of likely N-dealkylation sites (tertiary alicyclic amines) is 1. The van der Waals surface area contributed by atoms with Crippen molar-refractivity contribution in [2.45, 2.75) is 33.2 Å². The van der Waals surface area contributed by atoms with E-state index >= 15 is 0 Å². The fourth-order valence-corrected chi connectivity index (χ4v) is 3.41. The highest BCUT2D eigenvalue weighted by Gasteiger charge is 2.23. The topological polar surface area (TPSA) is 54.9 Å². The van der Waals surface area contributed by atoms with Crippen LogP contribution < -0.4 is 10.5 Å². The van der Waals surface area contributed by atoms with E-state index in [9.17, 15) is 9.90 Å². The largest absolute Gasteiger partial charge is 0.507 e. The Morgan fingerprint density at radius 1 is 1.43 bits per heavy atom. The monoisotopic (exact) mass is 288 g/mol. The van der Waals surface area contributed by atoms with Crippen molar-refractivity contribution < 1.29 is 14.4 Å². The number of phenols is 1. The number of aromatic hydroxyl groups is 1. The molecule has 4 nitrogen and oxygen atoms in total. The van der Waals surface area contributed by atoms with Crippen LogP contribution in [-0.4, -0.2) is 18.2 Å². The lowest BCUT2D eigenvalue weighted by molar-refractivity contribution is -0.922. The van der Waals surface area contributed by atoms with Gasteiger partial charge in [-0.25, -0.2) is 4.79 Å². The van der Waals surface area contributed by atoms with E-state index in [0.29, 0.717) is 18.0 Å². The summed E-state index contributed by atoms with van der Waals surface area (Å²) in [6.07, 6.45) is 2.49. The van der Waals surface area contributed by atoms with Crippen LogP contribution >= 0.6 is 0 Å². The van der Waals surface area contributed by atoms with E-state index < -0.39 is 0 Å². The zero-order chi connectivity index (χ0) is 15.0. The molecule has 1 aromatic heterocycles. The Balaban J connectivity index is 2.04. The van der Waals surface area contributed by atoms with Crippen LogP contribution in [0.25, 0.3) is 11.0 Å². The maximum absolute atomic E-state index is 11.7. The molecule has 1 unspecified atom stereocenters. The third kappa shape index (κ3) is 2.81. The first-order valence-corrected chi connectivity index (χ1v) is 7.63. The van der Waals surface area contributed by atoms with Crippen molar-refractivity contribution in [1.82, 2.24) is 0 Å². The Bertz CT molecular complexity index is 720. The van der Waals surface area contributed by atoms with Gasteiger partial charge < -0.3 is 14.4 Å². The molecule has 2 heterocycles. The van der Waals surface area contributed by atoms with Crippen molar-refractivity contribution in [3.05, 3.63) is 39.7 Å². The molecule has 2 N–H and O–H groups in total. The maximum atomic E-state index is 11.7. The van der Waals surface area contributed by atoms with Crippen LogP contribution in [0.1, 0.15) is 30.9 Å². The minimum atomic E-state index is -0.353. The minimum absolute atomic E-state index is 0.224. The van der Waals surface area contributed by atoms with E-state index in [4.69, 9.17) is 4.42 Å². The summed E-state index contributed by atoms with van der Waals surface area (Å²) in [5, 5.41) is 11.1. The van der Waals surface area contributed by atoms with Gasteiger partial charge in [0.1, 0.15) is 12.3 Å². The van der Waals surface area contributed by atoms with Gasteiger partial charge in [0.05, 0.1) is 18.7 Å². The van der Waals surface area contributed by atoms with Crippen molar-refractivity contribution in [2.24, 2.45) is 5.92 Å². The van der Waals surface area contributed by atoms with Gasteiger partial charge in [-0.15, -0.1) is 0 Å². The van der Waals surface area contributed by atoms with Gasteiger partial charge >= 0.3 is 5.63 Å². The van der Waals surface area contributed by atoms with Crippen molar-refractivity contribution in [1.29, 1.82) is 0 Å². The Morgan fingerprint density at radius 2 is 2.24 bits per heavy atom. The summed E-state index contributed by atoms with van der Waals surface area (Å²) < 4.78 is 5.39. The average Bonchev–Trinajstić information content (AvgIpc) is 2.42. The van der Waals surface area contributed by atoms with E-state index in [0.717, 1.165) is 29.6 Å². The molecule has 21 heavy (non-hydrogen) atoms. The molecule has 3 rings (SSSR count). The summed E-state index contributed by atoms with van der Waals surface area (Å²) in [5.74, 6) is 0.932. The molecule has 4 heteroatoms. The Morgan fingerprint density at radius 3 is 3.00 bits per heavy atom. The first-order chi connectivity index (χ1) is 10.0. The molecule has 0 spiro atoms. The van der Waals surface area contributed by atoms with E-state index in [1.807, 2.05) is 13.0 Å². The number of quaternary nitrogens is 1. The predicted octanol–water partition coefficient (Wildman–Crippen LogP) is 1.62. The number of fused-ring (bicyclic) bond motifs is 1. The molecule has 1 aromatic carbocycles. The van der Waals surface area contributed by atoms with E-state index in [-0.39, 0.29) is 11.4 Å². The zero-order valence-electron chi connectivity index (χ0n) is 12.6. The Labute approximate surface area is 124 Å². The van der Waals surface area contributed by atoms with Crippen molar-refractivity contribution in [2.75, 3.05) is 13.1 Å². The van der Waals surface area contributed by atoms with Gasteiger partial charge in [-0.2, -0.15) is 0 Å². The highest BCUT2D eigenvalue weighted by Crippen LogP contribution is 2.27. The standard InChI is InChI=1S/C17H21NO3/c1-11-4-3-7-18(9-11)10-14-15(19)6-5-13-12(2)8-16(20)21-17(13)14/h5-6,8,11,19H,3-4,7,9-10H2,1-2H3/p+1/t11-/m0/s1. The summed E-state index contributed by atoms with van der Waals surface area (Å²) in [6, 6.07) is 5.02. The van der Waals surface area contributed by atoms with Crippen LogP contribution in [0.3, 0.4) is 0 Å². The molecule has 0 radical (unpaired) electrons. The normalized spacial score (nSPS) is 22.6. The molecule has 2 aromatic rings. The minimum Gasteiger partial charge on any atom is -0.507 e. The number of benzene rings is 1. The number of nitrogens with one attached hydrogen (secondary N) is 1. The summed E-state index contributed by atoms with van der Waals surface area (Å²) in [7, 11) is 0. The van der Waals surface area contributed by atoms with Crippen LogP contribution in [-0.2, 0) is 6.54 Å². The molecule has 1 saturated heterocycles. The lowest BCUT2D eigenvalue weighted by Crippen LogP contribution is -3.12. The molecular weight excluding hydrogens is 266 g/mol. The number of hydrogen-bond acceptors (Lipinski definition) is 3. The molecular formula is C17H22NO3+. The second kappa shape index (κ2) is 5.53. The van der Waals surface area contributed by atoms with Crippen LogP contribution in [0.5, 0.6) is 5.75 Å². The van der Waals surface area contributed by atoms with Gasteiger partial charge in [0.15, 0.2) is 5.58 Å². The summed E-state index contributed by atoms with van der Waals surface area (Å²) in [5.41, 5.74) is 1.85. The van der Waals surface area contributed by atoms with Crippen molar-refractivity contribution in [3.8, 4) is 5.75 Å². The van der Waals surface area contributed by atoms with Gasteiger partial charge in [-0.05, 0) is 37.5 Å². The third-order valence-corrected chi connectivity index (χ3v) is 4.49. The van der Waals surface area contributed by atoms with Gasteiger partial charge in [0.25, 0.3) is 0 Å². The van der Waals surface area contributed by atoms with Crippen LogP contribution in [0.15, 0.2) is 27.4 Å². The van der Waals surface area contributed by atoms with E-state index in [2.05, 4.69) is 6.92 Å². The molecule has 0 saturated carbocycles. The maximum Gasteiger partial charge on any atom is 0.336 e. The summed E-state index contributed by atoms with van der Waals surface area (Å²) >= 11 is 0. The Kier molecular flexibility index (Phi) is 3.72. The molecule has 1 aliphatic rings. The quantitative estimate of drug-likeness (QED) is 0.826. The fraction of sp³-hybridized carbons (Fsp3) is 0.471. The number of rotatable bonds is 2. The SMILES string of the molecule is Cc1cc(=O)oc2c(C[NH+]3CCC[C@H](C)C3)c(O)ccc12. The fourth-order valence-electron chi connectivity index (χ4n) is 3.41. The molecule has 112 valence electrons. The van der Waals surface area contributed by atoms with E-state index in [1.165, 1.54) is 23.8 Å². The smallest absolute Gasteiger partial charge is 0.336 e. The van der Waals surface area contributed by atoms with Crippen LogP contribution in [0.4, 0.5) is 0 Å². The van der Waals surface area contributed by atoms with Gasteiger partial charge in [-0.3, -0.25) is 0 Å². The van der Waals surface area contributed by atoms with Gasteiger partial charge in [-0.1, -0.05) is 6.92 Å². The first-order valence-electron chi connectivity index (χ1n) is 7.63. The number of hydrogen-bond donors (Lipinski definition) is 2. The molecule has 0 aliphatic carbocycles. The molecule has 0 amide bonds. The predicted molar refractivity (Wildman–Crippen MR) is 81.7 cm³/mol. The first kappa shape index (κ1) is 14.1. The number of piperidine rings is 1. The molecule has 1 fully saturated rings. The van der Waals surface area contributed by atoms with Crippen molar-refractivity contribution in [3.63, 3.8) is 0 Å². The number of aryl methyl sites for hydroxylation is 1. The second-order valence-corrected chi connectivity index (χ2v) is 6.32. The summed E-state index contributed by atoms with van der Waals surface area (Å²) in [4.78, 5) is 13.1. The highest BCUT2D eigenvalue weighted by molar-refractivity contribution is 5.84. The van der Waals surface area contributed by atoms with Gasteiger partial charge in [0, 0.05) is 17.4 Å². The number of phenolic OH excluding ortho intramolecular Hbond substituents is 1. The van der Waals surface area contributed by atoms with E-state index in [1.54, 1.807) is 6.07 Å². The zero-order valence-corrected chi connectivity index (χ0v) is 12.6. The lowest BCUT2D eigenvalue weighted by Gasteiger charge is -2.28. The third-order valence-electron chi connectivity index (χ3n) is 4.49. The van der Waals surface area contributed by atoms with Crippen LogP contribution in [0, 0.1) is 12.8 Å². The lowest BCUT2D eigenvalue weighted by atomic mass is 9.99. The van der Waals surface area contributed by atoms with Crippen molar-refractivity contribution >= 4 is 11.0 Å². The molecule has 0 bridgehead atoms. The van der Waals surface area contributed by atoms with Crippen LogP contribution in [0.2, 0.25) is 0 Å². The van der Waals surface area contributed by atoms with Gasteiger partial charge in [0.2, 0.25) is 0 Å². The second-order valence-electron chi connectivity index (χ2n) is 6.32. The Hall–Kier alpha value is -1.81. The summed E-state index contributed by atoms with van der Waals surface area (Å²) in [6.45, 7) is 7.09. The molecule has 1 aliphatic heterocycles. The average molecular weight is 288 g/mol.